The van der Waals surface area contributed by atoms with Crippen molar-refractivity contribution in [2.45, 2.75) is 45.6 Å². The van der Waals surface area contributed by atoms with Crippen molar-refractivity contribution in [2.24, 2.45) is 11.8 Å². The van der Waals surface area contributed by atoms with E-state index in [9.17, 15) is 9.59 Å². The molecule has 2 atom stereocenters. The smallest absolute Gasteiger partial charge is 0.310 e. The SMILES string of the molecule is COCCCCc1c(C(=O)N(CC(C)C)[C@@H]2CNC[C@H](C(=O)OC)C2)nnn1-c1cccc(OC)c1. The van der Waals surface area contributed by atoms with Crippen molar-refractivity contribution in [3.8, 4) is 11.4 Å². The first-order valence-corrected chi connectivity index (χ1v) is 12.6. The average Bonchev–Trinajstić information content (AvgIpc) is 3.32. The van der Waals surface area contributed by atoms with Crippen LogP contribution in [0.4, 0.5) is 0 Å². The summed E-state index contributed by atoms with van der Waals surface area (Å²) in [7, 11) is 4.70. The summed E-state index contributed by atoms with van der Waals surface area (Å²) < 4.78 is 17.3. The van der Waals surface area contributed by atoms with E-state index in [1.165, 1.54) is 7.11 Å². The number of benzene rings is 1. The van der Waals surface area contributed by atoms with Gasteiger partial charge in [0.15, 0.2) is 5.69 Å². The highest BCUT2D eigenvalue weighted by Gasteiger charge is 2.36. The Morgan fingerprint density at radius 2 is 2.00 bits per heavy atom. The van der Waals surface area contributed by atoms with Gasteiger partial charge in [-0.2, -0.15) is 0 Å². The fourth-order valence-corrected chi connectivity index (χ4v) is 4.61. The quantitative estimate of drug-likeness (QED) is 0.349. The number of methoxy groups -OCH3 is 3. The van der Waals surface area contributed by atoms with Crippen molar-refractivity contribution in [1.29, 1.82) is 0 Å². The molecule has 0 aliphatic carbocycles. The highest BCUT2D eigenvalue weighted by molar-refractivity contribution is 5.93. The lowest BCUT2D eigenvalue weighted by atomic mass is 9.93. The molecule has 1 aromatic heterocycles. The maximum absolute atomic E-state index is 14.0. The number of piperidine rings is 1. The largest absolute Gasteiger partial charge is 0.497 e. The Labute approximate surface area is 213 Å². The van der Waals surface area contributed by atoms with Gasteiger partial charge in [0.1, 0.15) is 5.75 Å². The van der Waals surface area contributed by atoms with E-state index in [0.29, 0.717) is 50.5 Å². The Kier molecular flexibility index (Phi) is 10.2. The normalized spacial score (nSPS) is 17.7. The Morgan fingerprint density at radius 3 is 2.69 bits per heavy atom. The van der Waals surface area contributed by atoms with Crippen molar-refractivity contribution >= 4 is 11.9 Å². The summed E-state index contributed by atoms with van der Waals surface area (Å²) in [6.07, 6.45) is 2.85. The molecule has 10 nitrogen and oxygen atoms in total. The molecule has 198 valence electrons. The molecule has 1 aliphatic rings. The number of hydrogen-bond acceptors (Lipinski definition) is 8. The molecule has 3 rings (SSSR count). The number of carbonyl (C=O) groups is 2. The van der Waals surface area contributed by atoms with Crippen LogP contribution in [-0.2, 0) is 20.7 Å². The lowest BCUT2D eigenvalue weighted by molar-refractivity contribution is -0.146. The lowest BCUT2D eigenvalue weighted by Gasteiger charge is -2.37. The molecule has 2 aromatic rings. The molecule has 36 heavy (non-hydrogen) atoms. The third kappa shape index (κ3) is 6.82. The topological polar surface area (TPSA) is 108 Å². The number of amides is 1. The molecule has 1 N–H and O–H groups in total. The van der Waals surface area contributed by atoms with Crippen LogP contribution in [-0.4, -0.2) is 85.4 Å². The van der Waals surface area contributed by atoms with Gasteiger partial charge in [0.2, 0.25) is 0 Å². The number of aromatic nitrogens is 3. The molecular formula is C26H39N5O5. The fraction of sp³-hybridized carbons (Fsp3) is 0.615. The first-order chi connectivity index (χ1) is 17.4. The van der Waals surface area contributed by atoms with Crippen LogP contribution >= 0.6 is 0 Å². The highest BCUT2D eigenvalue weighted by atomic mass is 16.5. The first-order valence-electron chi connectivity index (χ1n) is 12.6. The van der Waals surface area contributed by atoms with E-state index in [0.717, 1.165) is 24.2 Å². The zero-order valence-corrected chi connectivity index (χ0v) is 22.0. The summed E-state index contributed by atoms with van der Waals surface area (Å²) in [6.45, 7) is 6.50. The molecule has 1 aromatic carbocycles. The van der Waals surface area contributed by atoms with Crippen molar-refractivity contribution in [3.63, 3.8) is 0 Å². The second-order valence-electron chi connectivity index (χ2n) is 9.57. The summed E-state index contributed by atoms with van der Waals surface area (Å²) in [5, 5.41) is 12.1. The molecule has 0 bridgehead atoms. The Bertz CT molecular complexity index is 1010. The van der Waals surface area contributed by atoms with Gasteiger partial charge in [0.05, 0.1) is 31.5 Å². The average molecular weight is 502 g/mol. The minimum atomic E-state index is -0.294. The van der Waals surface area contributed by atoms with Crippen LogP contribution in [0.1, 0.15) is 49.3 Å². The maximum atomic E-state index is 14.0. The molecule has 1 aliphatic heterocycles. The third-order valence-corrected chi connectivity index (χ3v) is 6.40. The van der Waals surface area contributed by atoms with Crippen LogP contribution in [0.15, 0.2) is 24.3 Å². The standard InChI is InChI=1S/C26H39N5O5/c1-18(2)17-30(21-13-19(15-27-16-21)26(33)36-5)25(32)24-23(11-6-7-12-34-3)31(29-28-24)20-9-8-10-22(14-20)35-4/h8-10,14,18-19,21,27H,6-7,11-13,15-17H2,1-5H3/t19-,21+/m1/s1. The van der Waals surface area contributed by atoms with Crippen molar-refractivity contribution in [3.05, 3.63) is 35.7 Å². The van der Waals surface area contributed by atoms with E-state index in [4.69, 9.17) is 14.2 Å². The van der Waals surface area contributed by atoms with Gasteiger partial charge in [0.25, 0.3) is 5.91 Å². The second-order valence-corrected chi connectivity index (χ2v) is 9.57. The van der Waals surface area contributed by atoms with E-state index in [2.05, 4.69) is 29.5 Å². The van der Waals surface area contributed by atoms with Crippen molar-refractivity contribution in [2.75, 3.05) is 47.6 Å². The van der Waals surface area contributed by atoms with Crippen LogP contribution < -0.4 is 10.1 Å². The molecular weight excluding hydrogens is 462 g/mol. The predicted molar refractivity (Wildman–Crippen MR) is 135 cm³/mol. The number of rotatable bonds is 12. The number of nitrogens with one attached hydrogen (secondary N) is 1. The second kappa shape index (κ2) is 13.4. The summed E-state index contributed by atoms with van der Waals surface area (Å²) in [6, 6.07) is 7.39. The zero-order valence-electron chi connectivity index (χ0n) is 22.0. The van der Waals surface area contributed by atoms with Crippen LogP contribution in [0.5, 0.6) is 5.75 Å². The maximum Gasteiger partial charge on any atom is 0.310 e. The van der Waals surface area contributed by atoms with Gasteiger partial charge in [0, 0.05) is 45.5 Å². The van der Waals surface area contributed by atoms with Gasteiger partial charge < -0.3 is 24.4 Å². The molecule has 0 radical (unpaired) electrons. The molecule has 0 unspecified atom stereocenters. The van der Waals surface area contributed by atoms with Gasteiger partial charge in [-0.15, -0.1) is 5.10 Å². The number of ether oxygens (including phenoxy) is 3. The minimum absolute atomic E-state index is 0.152. The number of carbonyl (C=O) groups excluding carboxylic acids is 2. The summed E-state index contributed by atoms with van der Waals surface area (Å²) in [4.78, 5) is 28.1. The monoisotopic (exact) mass is 501 g/mol. The lowest BCUT2D eigenvalue weighted by Crippen LogP contribution is -2.53. The minimum Gasteiger partial charge on any atom is -0.497 e. The van der Waals surface area contributed by atoms with Gasteiger partial charge >= 0.3 is 5.97 Å². The van der Waals surface area contributed by atoms with Gasteiger partial charge in [-0.3, -0.25) is 9.59 Å². The molecule has 1 amide bonds. The molecule has 1 fully saturated rings. The zero-order chi connectivity index (χ0) is 26.1. The highest BCUT2D eigenvalue weighted by Crippen LogP contribution is 2.24. The fourth-order valence-electron chi connectivity index (χ4n) is 4.61. The van der Waals surface area contributed by atoms with E-state index >= 15 is 0 Å². The Hall–Kier alpha value is -2.98. The molecule has 2 heterocycles. The summed E-state index contributed by atoms with van der Waals surface area (Å²) in [5.41, 5.74) is 1.88. The summed E-state index contributed by atoms with van der Waals surface area (Å²) >= 11 is 0. The molecule has 1 saturated heterocycles. The number of hydrogen-bond donors (Lipinski definition) is 1. The Morgan fingerprint density at radius 1 is 1.19 bits per heavy atom. The van der Waals surface area contributed by atoms with Crippen LogP contribution in [0.25, 0.3) is 5.69 Å². The van der Waals surface area contributed by atoms with Crippen molar-refractivity contribution in [1.82, 2.24) is 25.2 Å². The molecule has 10 heteroatoms. The third-order valence-electron chi connectivity index (χ3n) is 6.40. The van der Waals surface area contributed by atoms with E-state index in [1.54, 1.807) is 18.9 Å². The van der Waals surface area contributed by atoms with Gasteiger partial charge in [-0.05, 0) is 43.7 Å². The van der Waals surface area contributed by atoms with Crippen LogP contribution in [0.3, 0.4) is 0 Å². The predicted octanol–water partition coefficient (Wildman–Crippen LogP) is 2.49. The number of nitrogens with zero attached hydrogens (tertiary/aromatic N) is 4. The van der Waals surface area contributed by atoms with Crippen molar-refractivity contribution < 1.29 is 23.8 Å². The van der Waals surface area contributed by atoms with Crippen LogP contribution in [0.2, 0.25) is 0 Å². The number of esters is 1. The molecule has 0 spiro atoms. The van der Waals surface area contributed by atoms with E-state index < -0.39 is 0 Å². The van der Waals surface area contributed by atoms with Gasteiger partial charge in [-0.1, -0.05) is 25.1 Å². The number of unbranched alkanes of at least 4 members (excludes halogenated alkanes) is 1. The van der Waals surface area contributed by atoms with Crippen LogP contribution in [0, 0.1) is 11.8 Å². The van der Waals surface area contributed by atoms with Gasteiger partial charge in [-0.25, -0.2) is 4.68 Å². The first kappa shape index (κ1) is 27.6. The summed E-state index contributed by atoms with van der Waals surface area (Å²) in [5.74, 6) is 0.219. The van der Waals surface area contributed by atoms with E-state index in [1.807, 2.05) is 29.2 Å². The Balaban J connectivity index is 1.95. The molecule has 0 saturated carbocycles. The van der Waals surface area contributed by atoms with E-state index in [-0.39, 0.29) is 29.8 Å².